The summed E-state index contributed by atoms with van der Waals surface area (Å²) in [6.07, 6.45) is -25.8. The van der Waals surface area contributed by atoms with Gasteiger partial charge >= 0.3 is 32.7 Å². The molecule has 9 N–H and O–H groups in total. The van der Waals surface area contributed by atoms with Gasteiger partial charge in [0.1, 0.15) is 85.0 Å². The molecule has 9 rings (SSSR count). The molecule has 0 aromatic heterocycles. The Morgan fingerprint density at radius 2 is 1.38 bits per heavy atom. The highest BCUT2D eigenvalue weighted by atomic mass is 32.3. The molecule has 0 aromatic rings. The summed E-state index contributed by atoms with van der Waals surface area (Å²) in [6, 6.07) is 0. The molecule has 4 aliphatic carbocycles. The Kier molecular flexibility index (Phi) is 19.4. The van der Waals surface area contributed by atoms with Gasteiger partial charge in [-0.15, -0.1) is 6.58 Å². The highest BCUT2D eigenvalue weighted by Crippen LogP contribution is 2.77. The number of esters is 2. The zero-order valence-electron chi connectivity index (χ0n) is 49.1. The van der Waals surface area contributed by atoms with Gasteiger partial charge < -0.3 is 87.9 Å². The Morgan fingerprint density at radius 1 is 0.741 bits per heavy atom. The quantitative estimate of drug-likeness (QED) is 0.0481. The maximum absolute atomic E-state index is 14.7. The summed E-state index contributed by atoms with van der Waals surface area (Å²) < 4.78 is 144. The summed E-state index contributed by atoms with van der Waals surface area (Å²) in [7, 11) is -9.54. The van der Waals surface area contributed by atoms with E-state index in [1.807, 2.05) is 13.8 Å². The van der Waals surface area contributed by atoms with E-state index in [-0.39, 0.29) is 29.1 Å². The Labute approximate surface area is 494 Å². The highest BCUT2D eigenvalue weighted by molar-refractivity contribution is 7.81. The monoisotopic (exact) mass is 1260 g/mol. The number of hydrogen-bond donors (Lipinski definition) is 9. The highest BCUT2D eigenvalue weighted by Gasteiger charge is 2.79. The van der Waals surface area contributed by atoms with E-state index >= 15 is 0 Å². The SMILES string of the molecule is C=C(C)CCC[C@]1(C)OC(=O)[C@]23CC[C@@H]4C(=CCC5C(C)(C)[C@@H](O[C@@H]6OC[C@@H](OS(=O)(=O)O)[C@H](O)[C@H]6O[C@@H]6O[C@H](C)[C@@H](O[C@@H]7OC[C@@H](O)[C@H](O[C@@H]8O[C@H](CO)[C@@H](O)[C@H](OC)[C@H]8O)[C@H]7OS(=O)(=O)O)[C@H](O)[C@H]6O)CC[C@@]54C)[C@]2(C)C[C@H](OC(C)=O)[C@@H]31. The predicted octanol–water partition coefficient (Wildman–Crippen LogP) is 0.447. The molecule has 85 heavy (non-hydrogen) atoms. The Bertz CT molecular complexity index is 2710. The van der Waals surface area contributed by atoms with E-state index in [0.29, 0.717) is 44.9 Å². The van der Waals surface area contributed by atoms with Gasteiger partial charge in [-0.2, -0.15) is 16.8 Å². The van der Waals surface area contributed by atoms with E-state index < -0.39 is 191 Å². The number of ether oxygens (including phenoxy) is 11. The molecule has 9 aliphatic rings. The van der Waals surface area contributed by atoms with Crippen molar-refractivity contribution < 1.29 is 132 Å². The number of aliphatic hydroxyl groups excluding tert-OH is 7. The van der Waals surface area contributed by atoms with Crippen molar-refractivity contribution in [2.24, 2.45) is 39.4 Å². The van der Waals surface area contributed by atoms with Crippen LogP contribution in [-0.4, -0.2) is 229 Å². The van der Waals surface area contributed by atoms with Crippen molar-refractivity contribution in [2.75, 3.05) is 26.9 Å². The van der Waals surface area contributed by atoms with Crippen molar-refractivity contribution >= 4 is 32.7 Å². The number of cyclic esters (lactones) is 1. The molecule has 30 heteroatoms. The normalized spacial score (nSPS) is 48.0. The zero-order valence-corrected chi connectivity index (χ0v) is 50.8. The van der Waals surface area contributed by atoms with E-state index in [4.69, 9.17) is 60.5 Å². The number of carbonyl (C=O) groups excluding carboxylic acids is 2. The molecule has 0 aromatic carbocycles. The van der Waals surface area contributed by atoms with Crippen LogP contribution in [0.1, 0.15) is 113 Å². The van der Waals surface area contributed by atoms with Crippen LogP contribution in [-0.2, 0) is 90.9 Å². The van der Waals surface area contributed by atoms with Gasteiger partial charge in [0, 0.05) is 19.4 Å². The number of methoxy groups -OCH3 is 1. The van der Waals surface area contributed by atoms with E-state index in [9.17, 15) is 71.3 Å². The van der Waals surface area contributed by atoms with Gasteiger partial charge in [-0.25, -0.2) is 8.37 Å². The molecular formula is C55H86O28S2. The molecular weight excluding hydrogens is 1170 g/mol. The van der Waals surface area contributed by atoms with Crippen LogP contribution in [0.2, 0.25) is 0 Å². The van der Waals surface area contributed by atoms with Crippen molar-refractivity contribution in [1.82, 2.24) is 0 Å². The molecule has 0 radical (unpaired) electrons. The minimum absolute atomic E-state index is 0.00753. The largest absolute Gasteiger partial charge is 0.462 e. The molecule has 1 spiro atoms. The fourth-order valence-corrected chi connectivity index (χ4v) is 17.6. The maximum atomic E-state index is 14.7. The third kappa shape index (κ3) is 12.3. The van der Waals surface area contributed by atoms with Gasteiger partial charge in [0.05, 0.1) is 43.4 Å². The van der Waals surface area contributed by atoms with Crippen LogP contribution in [0.3, 0.4) is 0 Å². The summed E-state index contributed by atoms with van der Waals surface area (Å²) in [6.45, 7) is 17.1. The summed E-state index contributed by atoms with van der Waals surface area (Å²) in [5.74, 6) is -1.11. The first-order valence-electron chi connectivity index (χ1n) is 29.0. The molecule has 0 bridgehead atoms. The first-order chi connectivity index (χ1) is 39.5. The lowest BCUT2D eigenvalue weighted by Crippen LogP contribution is -2.66. The Hall–Kier alpha value is -2.48. The maximum Gasteiger partial charge on any atom is 0.397 e. The van der Waals surface area contributed by atoms with E-state index in [2.05, 4.69) is 40.3 Å². The second kappa shape index (κ2) is 24.6. The predicted molar refractivity (Wildman–Crippen MR) is 286 cm³/mol. The lowest BCUT2D eigenvalue weighted by Gasteiger charge is -2.64. The molecule has 27 atom stereocenters. The second-order valence-electron chi connectivity index (χ2n) is 26.1. The van der Waals surface area contributed by atoms with E-state index in [1.165, 1.54) is 13.8 Å². The molecule has 5 aliphatic heterocycles. The number of rotatable bonds is 19. The van der Waals surface area contributed by atoms with Crippen LogP contribution in [0.4, 0.5) is 0 Å². The molecule has 0 amide bonds. The molecule has 5 heterocycles. The van der Waals surface area contributed by atoms with Gasteiger partial charge in [-0.3, -0.25) is 18.7 Å². The number of aliphatic hydroxyl groups is 7. The molecule has 5 saturated heterocycles. The van der Waals surface area contributed by atoms with Crippen LogP contribution in [0, 0.1) is 39.4 Å². The third-order valence-electron chi connectivity index (χ3n) is 20.5. The van der Waals surface area contributed by atoms with Gasteiger partial charge in [0.25, 0.3) is 0 Å². The number of carbonyl (C=O) groups is 2. The first kappa shape index (κ1) is 66.9. The standard InChI is InChI=1S/C55H86O28S2/c1-24(2)12-11-17-54(9)45-30(75-26(4)57)20-53(8)28-13-14-33-51(5,6)34(16-18-52(33,7)27(28)15-19-55(45,53)50(64)81-54)77-48-43(36(60)32(23-73-48)82-84(65,66)67)80-46-38(62)37(61)40(25(3)74-46)78-49-44(83-85(68,69)70)41(29(58)22-72-49)79-47-39(63)42(71-10)35(59)31(21-56)76-47/h13,25,27,29-49,56,58-63H,1,11-12,14-23H2,2-10H3,(H,65,66,67)(H,68,69,70)/t25-,27-,29-,30+,31-,32-,33?,34+,35-,36+,37-,38-,39-,40-,41+,42+,43-,44-,45-,46+,47+,48+,49+,52-,53+,54+,55-/m1/s1. The van der Waals surface area contributed by atoms with Crippen molar-refractivity contribution in [3.63, 3.8) is 0 Å². The minimum Gasteiger partial charge on any atom is -0.462 e. The zero-order chi connectivity index (χ0) is 62.5. The van der Waals surface area contributed by atoms with E-state index in [1.54, 1.807) is 0 Å². The summed E-state index contributed by atoms with van der Waals surface area (Å²) in [5.41, 5.74) is -1.36. The average Bonchev–Trinajstić information content (AvgIpc) is 1.53. The van der Waals surface area contributed by atoms with Crippen LogP contribution in [0.15, 0.2) is 23.8 Å². The minimum atomic E-state index is -5.46. The van der Waals surface area contributed by atoms with Crippen molar-refractivity contribution in [3.8, 4) is 0 Å². The van der Waals surface area contributed by atoms with Crippen LogP contribution in [0.25, 0.3) is 0 Å². The third-order valence-corrected chi connectivity index (χ3v) is 21.4. The number of allylic oxidation sites excluding steroid dienone is 3. The van der Waals surface area contributed by atoms with Crippen molar-refractivity contribution in [3.05, 3.63) is 23.8 Å². The fraction of sp³-hybridized carbons (Fsp3) is 0.891. The summed E-state index contributed by atoms with van der Waals surface area (Å²) in [4.78, 5) is 27.5. The smallest absolute Gasteiger partial charge is 0.397 e. The average molecular weight is 1260 g/mol. The molecule has 8 fully saturated rings. The molecule has 486 valence electrons. The van der Waals surface area contributed by atoms with Gasteiger partial charge in [0.15, 0.2) is 31.3 Å². The van der Waals surface area contributed by atoms with Gasteiger partial charge in [-0.05, 0) is 101 Å². The van der Waals surface area contributed by atoms with Crippen molar-refractivity contribution in [1.29, 1.82) is 0 Å². The molecule has 28 nitrogen and oxygen atoms in total. The topological polar surface area (TPSA) is 404 Å². The van der Waals surface area contributed by atoms with E-state index in [0.717, 1.165) is 31.1 Å². The number of fused-ring (bicyclic) bond motifs is 4. The second-order valence-corrected chi connectivity index (χ2v) is 28.2. The van der Waals surface area contributed by atoms with Gasteiger partial charge in [-0.1, -0.05) is 44.9 Å². The van der Waals surface area contributed by atoms with Gasteiger partial charge in [0.2, 0.25) is 0 Å². The Morgan fingerprint density at radius 3 is 2.01 bits per heavy atom. The lowest BCUT2D eigenvalue weighted by molar-refractivity contribution is -0.380. The van der Waals surface area contributed by atoms with Crippen LogP contribution < -0.4 is 0 Å². The summed E-state index contributed by atoms with van der Waals surface area (Å²) in [5, 5.41) is 77.6. The summed E-state index contributed by atoms with van der Waals surface area (Å²) >= 11 is 0. The Balaban J connectivity index is 0.927. The lowest BCUT2D eigenvalue weighted by atomic mass is 9.41. The van der Waals surface area contributed by atoms with Crippen molar-refractivity contribution in [2.45, 2.75) is 242 Å². The molecule has 1 unspecified atom stereocenters. The first-order valence-corrected chi connectivity index (χ1v) is 31.7. The molecule has 3 saturated carbocycles. The van der Waals surface area contributed by atoms with Crippen LogP contribution >= 0.6 is 0 Å². The number of hydrogen-bond acceptors (Lipinski definition) is 26. The van der Waals surface area contributed by atoms with Crippen LogP contribution in [0.5, 0.6) is 0 Å². The fourth-order valence-electron chi connectivity index (χ4n) is 16.6.